The van der Waals surface area contributed by atoms with Gasteiger partial charge in [0.1, 0.15) is 5.82 Å². The lowest BCUT2D eigenvalue weighted by atomic mass is 9.83. The SMILES string of the molecule is CCC(C)(C)c1cnn(C)c1N(C)C. The fourth-order valence-electron chi connectivity index (χ4n) is 1.63. The molecule has 1 aromatic rings. The second-order valence-corrected chi connectivity index (χ2v) is 4.64. The molecule has 0 fully saturated rings. The van der Waals surface area contributed by atoms with Crippen molar-refractivity contribution in [3.63, 3.8) is 0 Å². The molecule has 0 saturated carbocycles. The Balaban J connectivity index is 3.22. The van der Waals surface area contributed by atoms with E-state index in [1.807, 2.05) is 17.9 Å². The van der Waals surface area contributed by atoms with Gasteiger partial charge in [-0.3, -0.25) is 4.68 Å². The fourth-order valence-corrected chi connectivity index (χ4v) is 1.63. The van der Waals surface area contributed by atoms with Crippen LogP contribution in [0, 0.1) is 0 Å². The third-order valence-corrected chi connectivity index (χ3v) is 2.94. The highest BCUT2D eigenvalue weighted by atomic mass is 15.3. The van der Waals surface area contributed by atoms with Crippen molar-refractivity contribution in [1.29, 1.82) is 0 Å². The van der Waals surface area contributed by atoms with Crippen molar-refractivity contribution in [1.82, 2.24) is 9.78 Å². The van der Waals surface area contributed by atoms with Crippen LogP contribution in [0.5, 0.6) is 0 Å². The standard InChI is InChI=1S/C11H21N3/c1-7-11(2,3)9-8-12-14(6)10(9)13(4)5/h8H,7H2,1-6H3. The van der Waals surface area contributed by atoms with Crippen LogP contribution in [0.3, 0.4) is 0 Å². The molecule has 0 aromatic carbocycles. The average molecular weight is 195 g/mol. The minimum absolute atomic E-state index is 0.202. The van der Waals surface area contributed by atoms with Gasteiger partial charge in [-0.15, -0.1) is 0 Å². The third kappa shape index (κ3) is 1.76. The molecule has 0 N–H and O–H groups in total. The summed E-state index contributed by atoms with van der Waals surface area (Å²) in [6.07, 6.45) is 3.11. The molecule has 3 nitrogen and oxygen atoms in total. The second kappa shape index (κ2) is 3.64. The Morgan fingerprint density at radius 3 is 2.43 bits per heavy atom. The first-order chi connectivity index (χ1) is 6.40. The van der Waals surface area contributed by atoms with Crippen molar-refractivity contribution < 1.29 is 0 Å². The Bertz CT molecular complexity index is 310. The normalized spacial score (nSPS) is 11.9. The Labute approximate surface area is 86.7 Å². The second-order valence-electron chi connectivity index (χ2n) is 4.64. The molecule has 0 amide bonds. The molecule has 3 heteroatoms. The summed E-state index contributed by atoms with van der Waals surface area (Å²) in [7, 11) is 6.11. The van der Waals surface area contributed by atoms with Crippen molar-refractivity contribution in [2.24, 2.45) is 7.05 Å². The van der Waals surface area contributed by atoms with Crippen molar-refractivity contribution in [3.8, 4) is 0 Å². The van der Waals surface area contributed by atoms with E-state index in [0.717, 1.165) is 6.42 Å². The van der Waals surface area contributed by atoms with Gasteiger partial charge in [0.05, 0.1) is 6.20 Å². The smallest absolute Gasteiger partial charge is 0.129 e. The number of aryl methyl sites for hydroxylation is 1. The zero-order valence-corrected chi connectivity index (χ0v) is 10.1. The first kappa shape index (κ1) is 11.1. The summed E-state index contributed by atoms with van der Waals surface area (Å²) in [6.45, 7) is 6.74. The molecule has 14 heavy (non-hydrogen) atoms. The molecule has 0 aliphatic carbocycles. The Hall–Kier alpha value is -0.990. The molecule has 0 spiro atoms. The van der Waals surface area contributed by atoms with Gasteiger partial charge in [0.2, 0.25) is 0 Å². The number of nitrogens with zero attached hydrogens (tertiary/aromatic N) is 3. The molecule has 0 aliphatic rings. The summed E-state index contributed by atoms with van der Waals surface area (Å²) in [4.78, 5) is 2.12. The highest BCUT2D eigenvalue weighted by Gasteiger charge is 2.25. The zero-order valence-electron chi connectivity index (χ0n) is 10.1. The van der Waals surface area contributed by atoms with Gasteiger partial charge in [-0.2, -0.15) is 5.10 Å². The Morgan fingerprint density at radius 1 is 1.43 bits per heavy atom. The van der Waals surface area contributed by atoms with Gasteiger partial charge < -0.3 is 4.90 Å². The maximum Gasteiger partial charge on any atom is 0.129 e. The molecular formula is C11H21N3. The van der Waals surface area contributed by atoms with Crippen LogP contribution in [-0.4, -0.2) is 23.9 Å². The minimum Gasteiger partial charge on any atom is -0.363 e. The van der Waals surface area contributed by atoms with Crippen molar-refractivity contribution in [3.05, 3.63) is 11.8 Å². The first-order valence-corrected chi connectivity index (χ1v) is 5.10. The molecule has 1 aromatic heterocycles. The van der Waals surface area contributed by atoms with Crippen LogP contribution in [0.1, 0.15) is 32.8 Å². The summed E-state index contributed by atoms with van der Waals surface area (Å²) >= 11 is 0. The average Bonchev–Trinajstić information content (AvgIpc) is 2.47. The van der Waals surface area contributed by atoms with Gasteiger partial charge in [-0.1, -0.05) is 20.8 Å². The van der Waals surface area contributed by atoms with E-state index in [1.165, 1.54) is 11.4 Å². The van der Waals surface area contributed by atoms with E-state index in [4.69, 9.17) is 0 Å². The highest BCUT2D eigenvalue weighted by Crippen LogP contribution is 2.33. The van der Waals surface area contributed by atoms with Crippen LogP contribution in [0.4, 0.5) is 5.82 Å². The third-order valence-electron chi connectivity index (χ3n) is 2.94. The lowest BCUT2D eigenvalue weighted by molar-refractivity contribution is 0.506. The summed E-state index contributed by atoms with van der Waals surface area (Å²) in [5.74, 6) is 1.21. The number of aromatic nitrogens is 2. The topological polar surface area (TPSA) is 21.1 Å². The summed E-state index contributed by atoms with van der Waals surface area (Å²) in [5, 5.41) is 4.33. The fraction of sp³-hybridized carbons (Fsp3) is 0.727. The maximum absolute atomic E-state index is 4.33. The Kier molecular flexibility index (Phi) is 2.88. The van der Waals surface area contributed by atoms with E-state index < -0.39 is 0 Å². The van der Waals surface area contributed by atoms with Crippen LogP contribution < -0.4 is 4.90 Å². The van der Waals surface area contributed by atoms with Crippen LogP contribution in [0.25, 0.3) is 0 Å². The van der Waals surface area contributed by atoms with Gasteiger partial charge in [-0.25, -0.2) is 0 Å². The van der Waals surface area contributed by atoms with Crippen LogP contribution in [0.2, 0.25) is 0 Å². The number of anilines is 1. The van der Waals surface area contributed by atoms with E-state index in [9.17, 15) is 0 Å². The summed E-state index contributed by atoms with van der Waals surface area (Å²) in [6, 6.07) is 0. The number of rotatable bonds is 3. The monoisotopic (exact) mass is 195 g/mol. The predicted octanol–water partition coefficient (Wildman–Crippen LogP) is 2.17. The Morgan fingerprint density at radius 2 is 2.00 bits per heavy atom. The van der Waals surface area contributed by atoms with Gasteiger partial charge in [0.25, 0.3) is 0 Å². The molecule has 80 valence electrons. The van der Waals surface area contributed by atoms with Crippen molar-refractivity contribution in [2.45, 2.75) is 32.6 Å². The molecule has 0 radical (unpaired) electrons. The lowest BCUT2D eigenvalue weighted by Gasteiger charge is -2.25. The molecule has 0 saturated heterocycles. The number of hydrogen-bond acceptors (Lipinski definition) is 2. The molecular weight excluding hydrogens is 174 g/mol. The van der Waals surface area contributed by atoms with E-state index in [2.05, 4.69) is 44.9 Å². The van der Waals surface area contributed by atoms with Crippen molar-refractivity contribution >= 4 is 5.82 Å². The first-order valence-electron chi connectivity index (χ1n) is 5.10. The molecule has 1 rings (SSSR count). The quantitative estimate of drug-likeness (QED) is 0.737. The lowest BCUT2D eigenvalue weighted by Crippen LogP contribution is -2.21. The van der Waals surface area contributed by atoms with E-state index in [-0.39, 0.29) is 5.41 Å². The predicted molar refractivity (Wildman–Crippen MR) is 60.9 cm³/mol. The van der Waals surface area contributed by atoms with E-state index >= 15 is 0 Å². The molecule has 1 heterocycles. The largest absolute Gasteiger partial charge is 0.363 e. The van der Waals surface area contributed by atoms with E-state index in [1.54, 1.807) is 0 Å². The van der Waals surface area contributed by atoms with Crippen LogP contribution in [0.15, 0.2) is 6.20 Å². The van der Waals surface area contributed by atoms with Crippen molar-refractivity contribution in [2.75, 3.05) is 19.0 Å². The maximum atomic E-state index is 4.33. The van der Waals surface area contributed by atoms with Gasteiger partial charge in [-0.05, 0) is 11.8 Å². The molecule has 0 atom stereocenters. The minimum atomic E-state index is 0.202. The molecule has 0 unspecified atom stereocenters. The summed E-state index contributed by atoms with van der Waals surface area (Å²) in [5.41, 5.74) is 1.53. The van der Waals surface area contributed by atoms with E-state index in [0.29, 0.717) is 0 Å². The molecule has 0 bridgehead atoms. The van der Waals surface area contributed by atoms with Gasteiger partial charge in [0, 0.05) is 26.7 Å². The zero-order chi connectivity index (χ0) is 10.9. The van der Waals surface area contributed by atoms with Gasteiger partial charge in [0.15, 0.2) is 0 Å². The van der Waals surface area contributed by atoms with Crippen LogP contribution in [-0.2, 0) is 12.5 Å². The number of hydrogen-bond donors (Lipinski definition) is 0. The highest BCUT2D eigenvalue weighted by molar-refractivity contribution is 5.49. The molecule has 0 aliphatic heterocycles. The van der Waals surface area contributed by atoms with Gasteiger partial charge >= 0.3 is 0 Å². The van der Waals surface area contributed by atoms with Crippen LogP contribution >= 0.6 is 0 Å². The summed E-state index contributed by atoms with van der Waals surface area (Å²) < 4.78 is 1.94.